The summed E-state index contributed by atoms with van der Waals surface area (Å²) in [6, 6.07) is 1.44. The van der Waals surface area contributed by atoms with Gasteiger partial charge in [-0.1, -0.05) is 6.42 Å². The molecule has 0 bridgehead atoms. The van der Waals surface area contributed by atoms with Gasteiger partial charge in [0, 0.05) is 31.0 Å². The van der Waals surface area contributed by atoms with E-state index in [9.17, 15) is 9.59 Å². The molecule has 0 saturated carbocycles. The predicted octanol–water partition coefficient (Wildman–Crippen LogP) is 0.814. The van der Waals surface area contributed by atoms with Crippen LogP contribution in [0.5, 0.6) is 0 Å². The fourth-order valence-corrected chi connectivity index (χ4v) is 1.96. The summed E-state index contributed by atoms with van der Waals surface area (Å²) >= 11 is 0. The summed E-state index contributed by atoms with van der Waals surface area (Å²) in [6.45, 7) is 3.50. The van der Waals surface area contributed by atoms with Gasteiger partial charge in [-0.3, -0.25) is 15.0 Å². The van der Waals surface area contributed by atoms with Gasteiger partial charge in [-0.15, -0.1) is 0 Å². The van der Waals surface area contributed by atoms with Crippen LogP contribution in [0.25, 0.3) is 0 Å². The van der Waals surface area contributed by atoms with Crippen molar-refractivity contribution in [2.75, 3.05) is 13.1 Å². The molecule has 1 aliphatic heterocycles. The number of aryl methyl sites for hydroxylation is 1. The van der Waals surface area contributed by atoms with Crippen molar-refractivity contribution in [3.63, 3.8) is 0 Å². The van der Waals surface area contributed by atoms with Crippen LogP contribution in [0.15, 0.2) is 17.1 Å². The molecule has 92 valence electrons. The van der Waals surface area contributed by atoms with Crippen LogP contribution in [0, 0.1) is 6.92 Å². The van der Waals surface area contributed by atoms with Crippen LogP contribution in [0.2, 0.25) is 0 Å². The zero-order valence-electron chi connectivity index (χ0n) is 9.95. The number of aromatic amines is 1. The van der Waals surface area contributed by atoms with Crippen LogP contribution in [-0.2, 0) is 0 Å². The largest absolute Gasteiger partial charge is 0.364 e. The Morgan fingerprint density at radius 3 is 2.71 bits per heavy atom. The zero-order chi connectivity index (χ0) is 12.3. The summed E-state index contributed by atoms with van der Waals surface area (Å²) in [5.74, 6) is -0.326. The molecule has 5 nitrogen and oxygen atoms in total. The second-order valence-electron chi connectivity index (χ2n) is 4.38. The van der Waals surface area contributed by atoms with Crippen molar-refractivity contribution < 1.29 is 4.79 Å². The third kappa shape index (κ3) is 2.94. The quantitative estimate of drug-likeness (QED) is 0.797. The lowest BCUT2D eigenvalue weighted by Crippen LogP contribution is -2.46. The Hall–Kier alpha value is -1.62. The lowest BCUT2D eigenvalue weighted by molar-refractivity contribution is 0.0748. The number of carbonyl (C=O) groups excluding carboxylic acids is 1. The van der Waals surface area contributed by atoms with E-state index in [0.717, 1.165) is 31.6 Å². The Balaban J connectivity index is 2.06. The van der Waals surface area contributed by atoms with Gasteiger partial charge in [0.25, 0.3) is 5.91 Å². The van der Waals surface area contributed by atoms with Gasteiger partial charge in [-0.25, -0.2) is 5.01 Å². The third-order valence-corrected chi connectivity index (χ3v) is 2.92. The molecule has 0 atom stereocenters. The number of hydrogen-bond acceptors (Lipinski definition) is 3. The first-order valence-electron chi connectivity index (χ1n) is 5.92. The van der Waals surface area contributed by atoms with Gasteiger partial charge in [0.1, 0.15) is 5.56 Å². The number of H-pyrrole nitrogens is 1. The van der Waals surface area contributed by atoms with E-state index in [4.69, 9.17) is 0 Å². The van der Waals surface area contributed by atoms with Crippen LogP contribution in [-0.4, -0.2) is 29.0 Å². The monoisotopic (exact) mass is 235 g/mol. The van der Waals surface area contributed by atoms with Crippen LogP contribution in [0.1, 0.15) is 35.3 Å². The normalized spacial score (nSPS) is 16.8. The summed E-state index contributed by atoms with van der Waals surface area (Å²) in [7, 11) is 0. The van der Waals surface area contributed by atoms with Gasteiger partial charge >= 0.3 is 0 Å². The number of piperidine rings is 1. The van der Waals surface area contributed by atoms with Crippen LogP contribution < -0.4 is 10.9 Å². The third-order valence-electron chi connectivity index (χ3n) is 2.92. The van der Waals surface area contributed by atoms with Crippen molar-refractivity contribution in [3.05, 3.63) is 33.7 Å². The first-order valence-corrected chi connectivity index (χ1v) is 5.92. The minimum absolute atomic E-state index is 0.168. The van der Waals surface area contributed by atoms with E-state index in [-0.39, 0.29) is 16.9 Å². The van der Waals surface area contributed by atoms with Gasteiger partial charge in [0.05, 0.1) is 0 Å². The molecule has 2 heterocycles. The molecule has 17 heavy (non-hydrogen) atoms. The standard InChI is InChI=1S/C12H17N3O2/c1-9-7-11(16)10(8-13-9)12(17)14-15-5-3-2-4-6-15/h7-8H,2-6H2,1H3,(H,13,16)(H,14,17). The molecular formula is C12H17N3O2. The highest BCUT2D eigenvalue weighted by Crippen LogP contribution is 2.06. The molecule has 1 aromatic heterocycles. The Morgan fingerprint density at radius 2 is 2.06 bits per heavy atom. The number of carbonyl (C=O) groups is 1. The summed E-state index contributed by atoms with van der Waals surface area (Å²) < 4.78 is 0. The fourth-order valence-electron chi connectivity index (χ4n) is 1.96. The molecule has 0 unspecified atom stereocenters. The summed E-state index contributed by atoms with van der Waals surface area (Å²) in [5, 5.41) is 1.88. The van der Waals surface area contributed by atoms with Crippen molar-refractivity contribution >= 4 is 5.91 Å². The molecule has 1 saturated heterocycles. The Kier molecular flexibility index (Phi) is 3.58. The molecule has 5 heteroatoms. The summed E-state index contributed by atoms with van der Waals surface area (Å²) in [6.07, 6.45) is 4.85. The molecule has 1 amide bonds. The zero-order valence-corrected chi connectivity index (χ0v) is 9.95. The lowest BCUT2D eigenvalue weighted by atomic mass is 10.2. The molecule has 0 aliphatic carbocycles. The fraction of sp³-hybridized carbons (Fsp3) is 0.500. The van der Waals surface area contributed by atoms with Crippen molar-refractivity contribution in [2.24, 2.45) is 0 Å². The van der Waals surface area contributed by atoms with Gasteiger partial charge in [0.15, 0.2) is 5.43 Å². The van der Waals surface area contributed by atoms with Crippen LogP contribution in [0.3, 0.4) is 0 Å². The number of hydrazine groups is 1. The topological polar surface area (TPSA) is 65.2 Å². The predicted molar refractivity (Wildman–Crippen MR) is 64.7 cm³/mol. The van der Waals surface area contributed by atoms with Gasteiger partial charge in [-0.2, -0.15) is 0 Å². The van der Waals surface area contributed by atoms with Crippen molar-refractivity contribution in [1.29, 1.82) is 0 Å². The molecule has 0 spiro atoms. The summed E-state index contributed by atoms with van der Waals surface area (Å²) in [4.78, 5) is 26.4. The SMILES string of the molecule is Cc1cc(=O)c(C(=O)NN2CCCCC2)c[nH]1. The Morgan fingerprint density at radius 1 is 1.35 bits per heavy atom. The second-order valence-corrected chi connectivity index (χ2v) is 4.38. The van der Waals surface area contributed by atoms with Gasteiger partial charge in [0.2, 0.25) is 0 Å². The Bertz CT molecular complexity index is 461. The lowest BCUT2D eigenvalue weighted by Gasteiger charge is -2.26. The van der Waals surface area contributed by atoms with E-state index in [1.807, 2.05) is 5.01 Å². The number of amides is 1. The first kappa shape index (κ1) is 11.9. The number of nitrogens with zero attached hydrogens (tertiary/aromatic N) is 1. The van der Waals surface area contributed by atoms with Crippen molar-refractivity contribution in [3.8, 4) is 0 Å². The highest BCUT2D eigenvalue weighted by Gasteiger charge is 2.15. The minimum Gasteiger partial charge on any atom is -0.364 e. The number of pyridine rings is 1. The summed E-state index contributed by atoms with van der Waals surface area (Å²) in [5.41, 5.74) is 3.45. The molecule has 2 N–H and O–H groups in total. The molecule has 2 rings (SSSR count). The van der Waals surface area contributed by atoms with E-state index in [1.54, 1.807) is 6.92 Å². The van der Waals surface area contributed by atoms with Crippen LogP contribution >= 0.6 is 0 Å². The maximum absolute atomic E-state index is 11.9. The first-order chi connectivity index (χ1) is 8.16. The molecule has 1 aliphatic rings. The molecule has 1 aromatic rings. The van der Waals surface area contributed by atoms with Crippen molar-refractivity contribution in [1.82, 2.24) is 15.4 Å². The van der Waals surface area contributed by atoms with Crippen LogP contribution in [0.4, 0.5) is 0 Å². The Labute approximate surface area is 99.8 Å². The van der Waals surface area contributed by atoms with Crippen molar-refractivity contribution in [2.45, 2.75) is 26.2 Å². The smallest absolute Gasteiger partial charge is 0.271 e. The van der Waals surface area contributed by atoms with Gasteiger partial charge in [-0.05, 0) is 19.8 Å². The maximum Gasteiger partial charge on any atom is 0.271 e. The highest BCUT2D eigenvalue weighted by atomic mass is 16.2. The van der Waals surface area contributed by atoms with E-state index < -0.39 is 0 Å². The van der Waals surface area contributed by atoms with E-state index in [1.165, 1.54) is 18.7 Å². The van der Waals surface area contributed by atoms with E-state index >= 15 is 0 Å². The maximum atomic E-state index is 11.9. The average Bonchev–Trinajstić information content (AvgIpc) is 2.30. The second kappa shape index (κ2) is 5.14. The minimum atomic E-state index is -0.326. The van der Waals surface area contributed by atoms with E-state index in [2.05, 4.69) is 10.4 Å². The molecule has 0 aromatic carbocycles. The molecule has 0 radical (unpaired) electrons. The number of nitrogens with one attached hydrogen (secondary N) is 2. The number of rotatable bonds is 2. The highest BCUT2D eigenvalue weighted by molar-refractivity contribution is 5.93. The van der Waals surface area contributed by atoms with E-state index in [0.29, 0.717) is 0 Å². The molecular weight excluding hydrogens is 218 g/mol. The molecule has 1 fully saturated rings. The van der Waals surface area contributed by atoms with Gasteiger partial charge < -0.3 is 4.98 Å². The number of aromatic nitrogens is 1. The average molecular weight is 235 g/mol. The number of hydrogen-bond donors (Lipinski definition) is 2.